The van der Waals surface area contributed by atoms with E-state index in [9.17, 15) is 0 Å². The molecule has 0 radical (unpaired) electrons. The molecular weight excluding hydrogens is 136 g/mol. The van der Waals surface area contributed by atoms with E-state index in [1.54, 1.807) is 6.08 Å². The zero-order valence-electron chi connectivity index (χ0n) is 7.89. The summed E-state index contributed by atoms with van der Waals surface area (Å²) in [6, 6.07) is 0. The lowest BCUT2D eigenvalue weighted by Crippen LogP contribution is -1.87. The molecule has 0 atom stereocenters. The van der Waals surface area contributed by atoms with Crippen LogP contribution in [0.15, 0.2) is 23.5 Å². The first kappa shape index (κ1) is 10.3. The van der Waals surface area contributed by atoms with E-state index in [-0.39, 0.29) is 0 Å². The molecule has 11 heavy (non-hydrogen) atoms. The van der Waals surface area contributed by atoms with E-state index in [0.29, 0.717) is 18.1 Å². The van der Waals surface area contributed by atoms with Crippen molar-refractivity contribution >= 4 is 0 Å². The van der Waals surface area contributed by atoms with Gasteiger partial charge in [0.2, 0.25) is 0 Å². The molecule has 0 aromatic rings. The predicted molar refractivity (Wildman–Crippen MR) is 49.6 cm³/mol. The fraction of sp³-hybridized carbons (Fsp3) is 0.600. The molecule has 0 spiro atoms. The normalized spacial score (nSPS) is 14.3. The quantitative estimate of drug-likeness (QED) is 0.487. The van der Waals surface area contributed by atoms with Gasteiger partial charge in [0.1, 0.15) is 0 Å². The van der Waals surface area contributed by atoms with Crippen LogP contribution < -0.4 is 0 Å². The van der Waals surface area contributed by atoms with Crippen LogP contribution in [-0.2, 0) is 0 Å². The molecule has 0 aliphatic rings. The van der Waals surface area contributed by atoms with Crippen LogP contribution in [0, 0.1) is 5.92 Å². The molecule has 0 rings (SSSR count). The van der Waals surface area contributed by atoms with Gasteiger partial charge in [-0.2, -0.15) is 0 Å². The number of allylic oxidation sites excluding steroid dienone is 4. The molecule has 0 aliphatic carbocycles. The van der Waals surface area contributed by atoms with Gasteiger partial charge in [0.15, 0.2) is 0 Å². The van der Waals surface area contributed by atoms with Crippen molar-refractivity contribution in [1.82, 2.24) is 0 Å². The van der Waals surface area contributed by atoms with Crippen LogP contribution in [0.5, 0.6) is 0 Å². The third-order valence-corrected chi connectivity index (χ3v) is 1.81. The average molecular weight is 154 g/mol. The zero-order chi connectivity index (χ0) is 8.85. The number of rotatable bonds is 3. The minimum atomic E-state index is 0.449. The minimum Gasteiger partial charge on any atom is -0.512 e. The molecule has 0 unspecified atom stereocenters. The third kappa shape index (κ3) is 4.65. The molecule has 0 amide bonds. The zero-order valence-corrected chi connectivity index (χ0v) is 7.89. The van der Waals surface area contributed by atoms with Crippen molar-refractivity contribution in [2.45, 2.75) is 34.1 Å². The van der Waals surface area contributed by atoms with Gasteiger partial charge in [-0.3, -0.25) is 0 Å². The Morgan fingerprint density at radius 2 is 1.91 bits per heavy atom. The van der Waals surface area contributed by atoms with E-state index >= 15 is 0 Å². The van der Waals surface area contributed by atoms with Gasteiger partial charge in [-0.15, -0.1) is 0 Å². The average Bonchev–Trinajstić information content (AvgIpc) is 1.99. The number of aliphatic hydroxyl groups excluding tert-OH is 1. The Balaban J connectivity index is 4.11. The van der Waals surface area contributed by atoms with E-state index in [1.807, 2.05) is 13.0 Å². The molecule has 0 saturated heterocycles. The summed E-state index contributed by atoms with van der Waals surface area (Å²) in [7, 11) is 0. The summed E-state index contributed by atoms with van der Waals surface area (Å²) >= 11 is 0. The van der Waals surface area contributed by atoms with Gasteiger partial charge in [0.05, 0.1) is 5.76 Å². The van der Waals surface area contributed by atoms with Crippen molar-refractivity contribution in [3.8, 4) is 0 Å². The molecule has 1 heteroatoms. The van der Waals surface area contributed by atoms with E-state index in [2.05, 4.69) is 20.8 Å². The van der Waals surface area contributed by atoms with Crippen molar-refractivity contribution < 1.29 is 5.11 Å². The smallest absolute Gasteiger partial charge is 0.0919 e. The molecule has 0 heterocycles. The van der Waals surface area contributed by atoms with Crippen LogP contribution >= 0.6 is 0 Å². The summed E-state index contributed by atoms with van der Waals surface area (Å²) in [6.07, 6.45) is 4.46. The molecule has 64 valence electrons. The summed E-state index contributed by atoms with van der Waals surface area (Å²) in [5.74, 6) is 1.01. The number of hydrogen-bond donors (Lipinski definition) is 1. The van der Waals surface area contributed by atoms with Gasteiger partial charge in [-0.1, -0.05) is 32.4 Å². The molecule has 1 N–H and O–H groups in total. The third-order valence-electron chi connectivity index (χ3n) is 1.81. The number of aliphatic hydroxyl groups is 1. The standard InChI is InChI=1S/C10H18O/c1-5-10(11)7-6-9(4)8(2)3/h6-8,11H,5H2,1-4H3/b9-6-,10-7+. The lowest BCUT2D eigenvalue weighted by Gasteiger charge is -2.02. The van der Waals surface area contributed by atoms with Gasteiger partial charge in [0, 0.05) is 6.42 Å². The van der Waals surface area contributed by atoms with Crippen molar-refractivity contribution in [3.63, 3.8) is 0 Å². The summed E-state index contributed by atoms with van der Waals surface area (Å²) in [5.41, 5.74) is 1.30. The fourth-order valence-electron chi connectivity index (χ4n) is 0.538. The van der Waals surface area contributed by atoms with Crippen LogP contribution in [0.2, 0.25) is 0 Å². The van der Waals surface area contributed by atoms with Gasteiger partial charge >= 0.3 is 0 Å². The van der Waals surface area contributed by atoms with E-state index < -0.39 is 0 Å². The lowest BCUT2D eigenvalue weighted by molar-refractivity contribution is 0.394. The van der Waals surface area contributed by atoms with Crippen molar-refractivity contribution in [2.75, 3.05) is 0 Å². The summed E-state index contributed by atoms with van der Waals surface area (Å²) < 4.78 is 0. The van der Waals surface area contributed by atoms with Crippen LogP contribution in [0.4, 0.5) is 0 Å². The van der Waals surface area contributed by atoms with Crippen LogP contribution in [-0.4, -0.2) is 5.11 Å². The molecule has 0 fully saturated rings. The largest absolute Gasteiger partial charge is 0.512 e. The fourth-order valence-corrected chi connectivity index (χ4v) is 0.538. The Morgan fingerprint density at radius 1 is 1.36 bits per heavy atom. The first-order valence-corrected chi connectivity index (χ1v) is 4.14. The van der Waals surface area contributed by atoms with Gasteiger partial charge < -0.3 is 5.11 Å². The maximum absolute atomic E-state index is 9.11. The van der Waals surface area contributed by atoms with E-state index in [1.165, 1.54) is 5.57 Å². The molecule has 0 saturated carbocycles. The molecule has 0 aromatic heterocycles. The van der Waals surface area contributed by atoms with Gasteiger partial charge in [-0.25, -0.2) is 0 Å². The second-order valence-electron chi connectivity index (χ2n) is 3.08. The van der Waals surface area contributed by atoms with Gasteiger partial charge in [-0.05, 0) is 18.9 Å². The summed E-state index contributed by atoms with van der Waals surface area (Å²) in [6.45, 7) is 8.29. The highest BCUT2D eigenvalue weighted by Crippen LogP contribution is 2.08. The molecule has 0 aliphatic heterocycles. The monoisotopic (exact) mass is 154 g/mol. The Bertz CT molecular complexity index is 164. The van der Waals surface area contributed by atoms with Crippen LogP contribution in [0.1, 0.15) is 34.1 Å². The highest BCUT2D eigenvalue weighted by atomic mass is 16.3. The Hall–Kier alpha value is -0.720. The van der Waals surface area contributed by atoms with E-state index in [0.717, 1.165) is 0 Å². The second-order valence-corrected chi connectivity index (χ2v) is 3.08. The first-order valence-electron chi connectivity index (χ1n) is 4.14. The Morgan fingerprint density at radius 3 is 2.27 bits per heavy atom. The predicted octanol–water partition coefficient (Wildman–Crippen LogP) is 3.44. The Kier molecular flexibility index (Phi) is 4.67. The van der Waals surface area contributed by atoms with Crippen LogP contribution in [0.3, 0.4) is 0 Å². The molecular formula is C10H18O. The lowest BCUT2D eigenvalue weighted by atomic mass is 10.1. The minimum absolute atomic E-state index is 0.449. The maximum Gasteiger partial charge on any atom is 0.0919 e. The van der Waals surface area contributed by atoms with Crippen molar-refractivity contribution in [2.24, 2.45) is 5.92 Å². The highest BCUT2D eigenvalue weighted by molar-refractivity contribution is 5.13. The Labute approximate surface area is 69.4 Å². The van der Waals surface area contributed by atoms with Crippen molar-refractivity contribution in [1.29, 1.82) is 0 Å². The summed E-state index contributed by atoms with van der Waals surface area (Å²) in [5, 5.41) is 9.11. The highest BCUT2D eigenvalue weighted by Gasteiger charge is 1.93. The topological polar surface area (TPSA) is 20.2 Å². The molecule has 0 bridgehead atoms. The maximum atomic E-state index is 9.11. The van der Waals surface area contributed by atoms with Crippen LogP contribution in [0.25, 0.3) is 0 Å². The van der Waals surface area contributed by atoms with Gasteiger partial charge in [0.25, 0.3) is 0 Å². The molecule has 0 aromatic carbocycles. The van der Waals surface area contributed by atoms with E-state index in [4.69, 9.17) is 5.11 Å². The SMILES string of the molecule is CC/C(O)=C\C=C(\C)C(C)C. The number of hydrogen-bond acceptors (Lipinski definition) is 1. The summed E-state index contributed by atoms with van der Waals surface area (Å²) in [4.78, 5) is 0. The second kappa shape index (κ2) is 5.00. The first-order chi connectivity index (χ1) is 5.07. The van der Waals surface area contributed by atoms with Crippen molar-refractivity contribution in [3.05, 3.63) is 23.5 Å². The molecule has 1 nitrogen and oxygen atoms in total.